The van der Waals surface area contributed by atoms with Crippen LogP contribution in [0.25, 0.3) is 0 Å². The van der Waals surface area contributed by atoms with Crippen LogP contribution < -0.4 is 17.0 Å². The summed E-state index contributed by atoms with van der Waals surface area (Å²) < 4.78 is 29.0. The zero-order valence-electron chi connectivity index (χ0n) is 13.6. The summed E-state index contributed by atoms with van der Waals surface area (Å²) >= 11 is 3.01. The summed E-state index contributed by atoms with van der Waals surface area (Å²) in [6, 6.07) is 7.92. The van der Waals surface area contributed by atoms with E-state index in [-0.39, 0.29) is 51.5 Å². The van der Waals surface area contributed by atoms with Gasteiger partial charge in [-0.2, -0.15) is 4.83 Å². The summed E-state index contributed by atoms with van der Waals surface area (Å²) in [6.07, 6.45) is 0. The van der Waals surface area contributed by atoms with E-state index in [0.29, 0.717) is 0 Å². The maximum Gasteiger partial charge on any atom is 2.00 e. The third-order valence-corrected chi connectivity index (χ3v) is 8.14. The van der Waals surface area contributed by atoms with Gasteiger partial charge in [-0.05, 0) is 19.4 Å². The summed E-state index contributed by atoms with van der Waals surface area (Å²) in [5.74, 6) is -1.19. The number of halogens is 2. The van der Waals surface area contributed by atoms with Gasteiger partial charge in [-0.25, -0.2) is 13.2 Å². The molecule has 0 aromatic heterocycles. The van der Waals surface area contributed by atoms with Crippen molar-refractivity contribution in [3.8, 4) is 0 Å². The summed E-state index contributed by atoms with van der Waals surface area (Å²) in [5.41, 5.74) is 0.790. The molecule has 0 saturated carbocycles. The van der Waals surface area contributed by atoms with Crippen LogP contribution in [0.15, 0.2) is 30.3 Å². The Kier molecular flexibility index (Phi) is 7.05. The molecule has 2 heterocycles. The number of sulfone groups is 1. The van der Waals surface area contributed by atoms with Crippen LogP contribution in [0.4, 0.5) is 0 Å². The molecule has 10 heteroatoms. The number of amides is 1. The number of ether oxygens (including phenoxy) is 1. The van der Waals surface area contributed by atoms with Crippen LogP contribution >= 0.6 is 15.9 Å². The van der Waals surface area contributed by atoms with Gasteiger partial charge in [0.25, 0.3) is 0 Å². The molecule has 0 radical (unpaired) electrons. The van der Waals surface area contributed by atoms with E-state index in [1.165, 1.54) is 13.8 Å². The third-order valence-electron chi connectivity index (χ3n) is 4.32. The molecule has 0 unspecified atom stereocenters. The molecule has 0 N–H and O–H groups in total. The average Bonchev–Trinajstić information content (AvgIpc) is 2.66. The van der Waals surface area contributed by atoms with Crippen molar-refractivity contribution in [1.29, 1.82) is 0 Å². The Morgan fingerprint density at radius 1 is 1.32 bits per heavy atom. The van der Waals surface area contributed by atoms with Gasteiger partial charge in [0.15, 0.2) is 9.84 Å². The molecule has 2 aliphatic heterocycles. The normalized spacial score (nSPS) is 25.2. The Labute approximate surface area is 181 Å². The first-order valence-corrected chi connectivity index (χ1v) is 9.32. The Balaban J connectivity index is 0.00000156. The molecule has 3 rings (SSSR count). The van der Waals surface area contributed by atoms with Gasteiger partial charge < -0.3 is 31.4 Å². The zero-order valence-corrected chi connectivity index (χ0v) is 19.0. The first-order valence-electron chi connectivity index (χ1n) is 6.98. The van der Waals surface area contributed by atoms with Crippen molar-refractivity contribution in [2.45, 2.75) is 36.6 Å². The Bertz CT molecular complexity index is 771. The maximum atomic E-state index is 12.6. The Morgan fingerprint density at radius 3 is 2.44 bits per heavy atom. The fourth-order valence-electron chi connectivity index (χ4n) is 2.91. The number of carbonyl (C=O) groups is 2. The summed E-state index contributed by atoms with van der Waals surface area (Å²) in [6.45, 7) is 2.93. The zero-order chi connectivity index (χ0) is 17.0. The van der Waals surface area contributed by atoms with Crippen LogP contribution in [0.2, 0.25) is 0 Å². The molecule has 6 nitrogen and oxygen atoms in total. The number of fused-ring (bicyclic) bond motifs is 1. The van der Waals surface area contributed by atoms with Crippen molar-refractivity contribution < 1.29 is 39.7 Å². The van der Waals surface area contributed by atoms with Crippen molar-refractivity contribution in [2.75, 3.05) is 0 Å². The third kappa shape index (κ3) is 3.35. The molecule has 2 fully saturated rings. The minimum atomic E-state index is -3.70. The monoisotopic (exact) mass is 503 g/mol. The van der Waals surface area contributed by atoms with Crippen LogP contribution in [-0.2, 0) is 30.8 Å². The SMILES string of the molecule is CC1(C)[C@H](C(=O)OCc2ccccc2)N2C(=O)[C-](Br)[C@H]2S1(=O)=O.[Br-].[Mg+2]. The van der Waals surface area contributed by atoms with Gasteiger partial charge in [0.05, 0.1) is 4.75 Å². The second kappa shape index (κ2) is 7.75. The van der Waals surface area contributed by atoms with Crippen LogP contribution in [0.5, 0.6) is 0 Å². The van der Waals surface area contributed by atoms with E-state index in [4.69, 9.17) is 4.74 Å². The second-order valence-corrected chi connectivity index (χ2v) is 9.50. The average molecular weight is 505 g/mol. The smallest absolute Gasteiger partial charge is 1.00 e. The van der Waals surface area contributed by atoms with Gasteiger partial charge >= 0.3 is 29.0 Å². The fourth-order valence-corrected chi connectivity index (χ4v) is 6.06. The van der Waals surface area contributed by atoms with Crippen LogP contribution in [0.1, 0.15) is 19.4 Å². The Hall–Kier alpha value is -0.294. The molecule has 25 heavy (non-hydrogen) atoms. The molecule has 0 aliphatic carbocycles. The van der Waals surface area contributed by atoms with E-state index in [2.05, 4.69) is 15.9 Å². The van der Waals surface area contributed by atoms with Crippen molar-refractivity contribution in [2.24, 2.45) is 0 Å². The molecule has 2 atom stereocenters. The van der Waals surface area contributed by atoms with Crippen molar-refractivity contribution in [3.63, 3.8) is 0 Å². The van der Waals surface area contributed by atoms with Crippen LogP contribution in [0.3, 0.4) is 0 Å². The first kappa shape index (κ1) is 22.7. The van der Waals surface area contributed by atoms with Gasteiger partial charge in [0, 0.05) is 5.37 Å². The number of benzene rings is 1. The van der Waals surface area contributed by atoms with Gasteiger partial charge in [-0.3, -0.25) is 15.9 Å². The van der Waals surface area contributed by atoms with E-state index in [9.17, 15) is 18.0 Å². The Morgan fingerprint density at radius 2 is 1.88 bits per heavy atom. The molecule has 2 aliphatic rings. The molecular weight excluding hydrogens is 490 g/mol. The molecule has 0 bridgehead atoms. The quantitative estimate of drug-likeness (QED) is 0.206. The first-order chi connectivity index (χ1) is 10.7. The molecule has 0 spiro atoms. The summed E-state index contributed by atoms with van der Waals surface area (Å²) in [7, 11) is -3.70. The van der Waals surface area contributed by atoms with Crippen molar-refractivity contribution >= 4 is 60.7 Å². The van der Waals surface area contributed by atoms with Gasteiger partial charge in [0.2, 0.25) is 0 Å². The number of hydrogen-bond acceptors (Lipinski definition) is 5. The van der Waals surface area contributed by atoms with E-state index in [1.807, 2.05) is 18.2 Å². The topological polar surface area (TPSA) is 80.8 Å². The molecule has 2 saturated heterocycles. The fraction of sp³-hybridized carbons (Fsp3) is 0.400. The van der Waals surface area contributed by atoms with E-state index >= 15 is 0 Å². The number of nitrogens with zero attached hydrogens (tertiary/aromatic N) is 1. The van der Waals surface area contributed by atoms with Crippen molar-refractivity contribution in [3.05, 3.63) is 40.7 Å². The molecule has 1 amide bonds. The van der Waals surface area contributed by atoms with E-state index < -0.39 is 37.9 Å². The standard InChI is InChI=1S/C15H15BrNO5S.BrH.Mg/c1-15(2)11(14(19)22-8-9-6-4-3-5-7-9)17-12(18)10(16)13(17)23(15,20)21;;/h3-7,11,13H,8H2,1-2H3;1H;/q-1;;+2/p-1/t11-,13+;;/m0../s1. The van der Waals surface area contributed by atoms with E-state index in [0.717, 1.165) is 10.5 Å². The number of hydrogen-bond donors (Lipinski definition) is 0. The van der Waals surface area contributed by atoms with Gasteiger partial charge in [-0.15, -0.1) is 0 Å². The number of carbonyl (C=O) groups excluding carboxylic acids is 2. The van der Waals surface area contributed by atoms with Gasteiger partial charge in [0.1, 0.15) is 18.6 Å². The molecule has 132 valence electrons. The summed E-state index contributed by atoms with van der Waals surface area (Å²) in [4.78, 5) is 25.6. The number of rotatable bonds is 3. The molecule has 1 aromatic rings. The minimum absolute atomic E-state index is 0. The van der Waals surface area contributed by atoms with E-state index in [1.54, 1.807) is 12.1 Å². The molecule has 1 aromatic carbocycles. The second-order valence-electron chi connectivity index (χ2n) is 6.06. The van der Waals surface area contributed by atoms with Crippen LogP contribution in [0, 0.1) is 4.83 Å². The van der Waals surface area contributed by atoms with Gasteiger partial charge in [-0.1, -0.05) is 30.3 Å². The van der Waals surface area contributed by atoms with Crippen LogP contribution in [-0.4, -0.2) is 64.4 Å². The number of esters is 1. The maximum absolute atomic E-state index is 12.6. The number of β-lactam (4-membered cyclic amide) rings is 1. The predicted molar refractivity (Wildman–Crippen MR) is 91.6 cm³/mol. The largest absolute Gasteiger partial charge is 2.00 e. The van der Waals surface area contributed by atoms with Crippen molar-refractivity contribution in [1.82, 2.24) is 4.90 Å². The summed E-state index contributed by atoms with van der Waals surface area (Å²) in [5, 5.41) is -1.08. The predicted octanol–water partition coefficient (Wildman–Crippen LogP) is -1.98. The minimum Gasteiger partial charge on any atom is -1.00 e. The molecular formula is C15H15Br2MgNO5S.